The number of carbonyl (C=O) groups excluding carboxylic acids is 1. The van der Waals surface area contributed by atoms with Crippen molar-refractivity contribution in [3.05, 3.63) is 29.8 Å². The highest BCUT2D eigenvalue weighted by Gasteiger charge is 2.12. The number of carbonyl (C=O) groups is 1. The average Bonchev–Trinajstić information content (AvgIpc) is 2.50. The van der Waals surface area contributed by atoms with E-state index in [2.05, 4.69) is 17.4 Å². The molecule has 0 bridgehead atoms. The van der Waals surface area contributed by atoms with Gasteiger partial charge in [0.05, 0.1) is 6.42 Å². The van der Waals surface area contributed by atoms with E-state index in [9.17, 15) is 4.79 Å². The van der Waals surface area contributed by atoms with Crippen molar-refractivity contribution in [3.8, 4) is 0 Å². The SMILES string of the molecule is CN(C)C(=O)Cc1ccc(NCCC2CCCCC2)cc1. The molecule has 1 aliphatic rings. The Morgan fingerprint density at radius 2 is 1.81 bits per heavy atom. The van der Waals surface area contributed by atoms with Gasteiger partial charge in [-0.25, -0.2) is 0 Å². The van der Waals surface area contributed by atoms with Gasteiger partial charge in [-0.1, -0.05) is 44.2 Å². The quantitative estimate of drug-likeness (QED) is 0.865. The fourth-order valence-electron chi connectivity index (χ4n) is 2.97. The minimum Gasteiger partial charge on any atom is -0.385 e. The van der Waals surface area contributed by atoms with Crippen LogP contribution in [0.3, 0.4) is 0 Å². The normalized spacial score (nSPS) is 15.7. The largest absolute Gasteiger partial charge is 0.385 e. The van der Waals surface area contributed by atoms with Crippen molar-refractivity contribution in [1.82, 2.24) is 4.90 Å². The van der Waals surface area contributed by atoms with Crippen molar-refractivity contribution in [1.29, 1.82) is 0 Å². The molecule has 21 heavy (non-hydrogen) atoms. The highest BCUT2D eigenvalue weighted by Crippen LogP contribution is 2.26. The molecule has 0 unspecified atom stereocenters. The van der Waals surface area contributed by atoms with Crippen LogP contribution in [0.25, 0.3) is 0 Å². The Labute approximate surface area is 128 Å². The second kappa shape index (κ2) is 8.06. The summed E-state index contributed by atoms with van der Waals surface area (Å²) in [5.74, 6) is 1.07. The second-order valence-electron chi connectivity index (χ2n) is 6.38. The summed E-state index contributed by atoms with van der Waals surface area (Å²) in [6, 6.07) is 8.26. The number of nitrogens with one attached hydrogen (secondary N) is 1. The van der Waals surface area contributed by atoms with E-state index in [-0.39, 0.29) is 5.91 Å². The molecule has 3 nitrogen and oxygen atoms in total. The molecule has 1 aromatic rings. The smallest absolute Gasteiger partial charge is 0.226 e. The summed E-state index contributed by atoms with van der Waals surface area (Å²) < 4.78 is 0. The molecule has 1 N–H and O–H groups in total. The maximum atomic E-state index is 11.7. The van der Waals surface area contributed by atoms with Crippen LogP contribution in [0, 0.1) is 5.92 Å². The second-order valence-corrected chi connectivity index (χ2v) is 6.38. The van der Waals surface area contributed by atoms with Crippen LogP contribution in [-0.2, 0) is 11.2 Å². The zero-order valence-electron chi connectivity index (χ0n) is 13.4. The van der Waals surface area contributed by atoms with Gasteiger partial charge >= 0.3 is 0 Å². The van der Waals surface area contributed by atoms with E-state index in [1.807, 2.05) is 12.1 Å². The fraction of sp³-hybridized carbons (Fsp3) is 0.611. The number of anilines is 1. The molecule has 1 aliphatic carbocycles. The van der Waals surface area contributed by atoms with Gasteiger partial charge in [0.15, 0.2) is 0 Å². The third-order valence-electron chi connectivity index (χ3n) is 4.41. The highest BCUT2D eigenvalue weighted by molar-refractivity contribution is 5.78. The third kappa shape index (κ3) is 5.41. The lowest BCUT2D eigenvalue weighted by atomic mass is 9.87. The van der Waals surface area contributed by atoms with Gasteiger partial charge in [-0.15, -0.1) is 0 Å². The van der Waals surface area contributed by atoms with Crippen molar-refractivity contribution in [2.24, 2.45) is 5.92 Å². The van der Waals surface area contributed by atoms with Crippen molar-refractivity contribution in [3.63, 3.8) is 0 Å². The lowest BCUT2D eigenvalue weighted by Crippen LogP contribution is -2.23. The molecular formula is C18H28N2O. The summed E-state index contributed by atoms with van der Waals surface area (Å²) in [6.45, 7) is 1.06. The molecule has 0 saturated heterocycles. The Morgan fingerprint density at radius 3 is 2.43 bits per heavy atom. The Bertz CT molecular complexity index is 433. The number of rotatable bonds is 6. The van der Waals surface area contributed by atoms with Gasteiger partial charge in [0.1, 0.15) is 0 Å². The molecule has 1 saturated carbocycles. The number of hydrogen-bond donors (Lipinski definition) is 1. The van der Waals surface area contributed by atoms with Crippen molar-refractivity contribution in [2.75, 3.05) is 26.0 Å². The molecule has 0 aromatic heterocycles. The molecular weight excluding hydrogens is 260 g/mol. The first kappa shape index (κ1) is 15.9. The number of likely N-dealkylation sites (N-methyl/N-ethyl adjacent to an activating group) is 1. The molecule has 116 valence electrons. The molecule has 0 spiro atoms. The van der Waals surface area contributed by atoms with Crippen molar-refractivity contribution in [2.45, 2.75) is 44.9 Å². The first-order valence-corrected chi connectivity index (χ1v) is 8.18. The average molecular weight is 288 g/mol. The van der Waals surface area contributed by atoms with E-state index in [1.165, 1.54) is 38.5 Å². The van der Waals surface area contributed by atoms with Gasteiger partial charge in [0, 0.05) is 26.3 Å². The predicted molar refractivity (Wildman–Crippen MR) is 88.5 cm³/mol. The number of hydrogen-bond acceptors (Lipinski definition) is 2. The molecule has 1 aromatic carbocycles. The van der Waals surface area contributed by atoms with Crippen LogP contribution in [0.1, 0.15) is 44.1 Å². The summed E-state index contributed by atoms with van der Waals surface area (Å²) in [5.41, 5.74) is 2.23. The number of benzene rings is 1. The number of nitrogens with zero attached hydrogens (tertiary/aromatic N) is 1. The summed E-state index contributed by atoms with van der Waals surface area (Å²) in [7, 11) is 3.59. The van der Waals surface area contributed by atoms with Gasteiger partial charge in [-0.05, 0) is 30.0 Å². The third-order valence-corrected chi connectivity index (χ3v) is 4.41. The van der Waals surface area contributed by atoms with Gasteiger partial charge in [-0.2, -0.15) is 0 Å². The minimum absolute atomic E-state index is 0.146. The highest BCUT2D eigenvalue weighted by atomic mass is 16.2. The molecule has 0 heterocycles. The Morgan fingerprint density at radius 1 is 1.14 bits per heavy atom. The van der Waals surface area contributed by atoms with Gasteiger partial charge in [0.25, 0.3) is 0 Å². The van der Waals surface area contributed by atoms with Crippen LogP contribution in [0.4, 0.5) is 5.69 Å². The summed E-state index contributed by atoms with van der Waals surface area (Å²) in [5, 5.41) is 3.50. The lowest BCUT2D eigenvalue weighted by molar-refractivity contribution is -0.127. The predicted octanol–water partition coefficient (Wildman–Crippen LogP) is 3.70. The lowest BCUT2D eigenvalue weighted by Gasteiger charge is -2.21. The van der Waals surface area contributed by atoms with Crippen molar-refractivity contribution < 1.29 is 4.79 Å². The first-order valence-electron chi connectivity index (χ1n) is 8.18. The van der Waals surface area contributed by atoms with Crippen LogP contribution in [0.2, 0.25) is 0 Å². The molecule has 1 fully saturated rings. The number of amides is 1. The molecule has 0 aliphatic heterocycles. The summed E-state index contributed by atoms with van der Waals surface area (Å²) >= 11 is 0. The zero-order chi connectivity index (χ0) is 15.1. The molecule has 0 atom stereocenters. The van der Waals surface area contributed by atoms with Gasteiger partial charge in [0.2, 0.25) is 5.91 Å². The van der Waals surface area contributed by atoms with E-state index in [0.717, 1.165) is 23.7 Å². The maximum absolute atomic E-state index is 11.7. The van der Waals surface area contributed by atoms with Gasteiger partial charge in [-0.3, -0.25) is 4.79 Å². The van der Waals surface area contributed by atoms with Crippen molar-refractivity contribution >= 4 is 11.6 Å². The molecule has 3 heteroatoms. The first-order chi connectivity index (χ1) is 10.1. The van der Waals surface area contributed by atoms with E-state index < -0.39 is 0 Å². The standard InChI is InChI=1S/C18H28N2O/c1-20(2)18(21)14-16-8-10-17(11-9-16)19-13-12-15-6-4-3-5-7-15/h8-11,15,19H,3-7,12-14H2,1-2H3. The molecule has 1 amide bonds. The summed E-state index contributed by atoms with van der Waals surface area (Å²) in [6.07, 6.45) is 8.84. The maximum Gasteiger partial charge on any atom is 0.226 e. The van der Waals surface area contributed by atoms with Crippen LogP contribution in [-0.4, -0.2) is 31.4 Å². The molecule has 0 radical (unpaired) electrons. The van der Waals surface area contributed by atoms with Crippen LogP contribution >= 0.6 is 0 Å². The van der Waals surface area contributed by atoms with E-state index in [1.54, 1.807) is 19.0 Å². The minimum atomic E-state index is 0.146. The Balaban J connectivity index is 1.73. The molecule has 2 rings (SSSR count). The van der Waals surface area contributed by atoms with Crippen LogP contribution in [0.5, 0.6) is 0 Å². The van der Waals surface area contributed by atoms with Crippen LogP contribution < -0.4 is 5.32 Å². The van der Waals surface area contributed by atoms with E-state index in [4.69, 9.17) is 0 Å². The fourth-order valence-corrected chi connectivity index (χ4v) is 2.97. The van der Waals surface area contributed by atoms with E-state index >= 15 is 0 Å². The van der Waals surface area contributed by atoms with Crippen LogP contribution in [0.15, 0.2) is 24.3 Å². The monoisotopic (exact) mass is 288 g/mol. The Hall–Kier alpha value is -1.51. The van der Waals surface area contributed by atoms with Gasteiger partial charge < -0.3 is 10.2 Å². The summed E-state index contributed by atoms with van der Waals surface area (Å²) in [4.78, 5) is 13.3. The van der Waals surface area contributed by atoms with E-state index in [0.29, 0.717) is 6.42 Å². The Kier molecular flexibility index (Phi) is 6.09. The topological polar surface area (TPSA) is 32.3 Å². The zero-order valence-corrected chi connectivity index (χ0v) is 13.4.